The van der Waals surface area contributed by atoms with E-state index in [0.29, 0.717) is 17.1 Å². The topological polar surface area (TPSA) is 62.5 Å². The van der Waals surface area contributed by atoms with Crippen molar-refractivity contribution >= 4 is 17.2 Å². The van der Waals surface area contributed by atoms with Crippen LogP contribution in [-0.2, 0) is 13.6 Å². The molecule has 1 heterocycles. The van der Waals surface area contributed by atoms with Crippen molar-refractivity contribution in [2.45, 2.75) is 13.5 Å². The standard InChI is InChI=1S/C15H18N2O3S/c1-11-13(21-15(20)16(11)2)14(19)17(8-9-18)10-12-6-4-3-5-7-12/h3-7,18H,8-10H2,1-2H3. The lowest BCUT2D eigenvalue weighted by Crippen LogP contribution is -2.33. The van der Waals surface area contributed by atoms with Gasteiger partial charge >= 0.3 is 4.87 Å². The van der Waals surface area contributed by atoms with Gasteiger partial charge in [0.05, 0.1) is 6.61 Å². The average molecular weight is 306 g/mol. The molecule has 0 saturated carbocycles. The number of carbonyl (C=O) groups excluding carboxylic acids is 1. The molecule has 0 saturated heterocycles. The van der Waals surface area contributed by atoms with E-state index in [1.54, 1.807) is 18.9 Å². The Morgan fingerprint density at radius 1 is 1.33 bits per heavy atom. The maximum atomic E-state index is 12.6. The van der Waals surface area contributed by atoms with Gasteiger partial charge in [0.2, 0.25) is 0 Å². The van der Waals surface area contributed by atoms with Crippen molar-refractivity contribution in [2.75, 3.05) is 13.2 Å². The van der Waals surface area contributed by atoms with Gasteiger partial charge in [-0.3, -0.25) is 9.59 Å². The number of benzene rings is 1. The molecule has 0 atom stereocenters. The smallest absolute Gasteiger partial charge is 0.307 e. The van der Waals surface area contributed by atoms with Crippen LogP contribution in [0.15, 0.2) is 35.1 Å². The largest absolute Gasteiger partial charge is 0.395 e. The summed E-state index contributed by atoms with van der Waals surface area (Å²) in [6, 6.07) is 9.58. The van der Waals surface area contributed by atoms with E-state index in [1.165, 1.54) is 4.57 Å². The second-order valence-electron chi connectivity index (χ2n) is 4.78. The minimum atomic E-state index is -0.215. The third-order valence-electron chi connectivity index (χ3n) is 3.36. The first kappa shape index (κ1) is 15.5. The number of hydrogen-bond donors (Lipinski definition) is 1. The molecule has 1 aromatic carbocycles. The summed E-state index contributed by atoms with van der Waals surface area (Å²) in [7, 11) is 1.65. The monoisotopic (exact) mass is 306 g/mol. The molecule has 0 aliphatic heterocycles. The zero-order valence-corrected chi connectivity index (χ0v) is 12.9. The van der Waals surface area contributed by atoms with Gasteiger partial charge in [-0.05, 0) is 12.5 Å². The van der Waals surface area contributed by atoms with Crippen molar-refractivity contribution in [3.05, 3.63) is 56.1 Å². The van der Waals surface area contributed by atoms with Gasteiger partial charge in [0, 0.05) is 25.8 Å². The van der Waals surface area contributed by atoms with Gasteiger partial charge in [-0.25, -0.2) is 0 Å². The Bertz CT molecular complexity index is 676. The molecule has 1 amide bonds. The lowest BCUT2D eigenvalue weighted by Gasteiger charge is -2.21. The minimum absolute atomic E-state index is 0.112. The van der Waals surface area contributed by atoms with Crippen molar-refractivity contribution in [2.24, 2.45) is 7.05 Å². The Labute approximate surface area is 127 Å². The number of rotatable bonds is 5. The number of amides is 1. The van der Waals surface area contributed by atoms with Crippen LogP contribution in [0.4, 0.5) is 0 Å². The SMILES string of the molecule is Cc1c(C(=O)N(CCO)Cc2ccccc2)sc(=O)n1C. The third-order valence-corrected chi connectivity index (χ3v) is 4.49. The number of nitrogens with zero attached hydrogens (tertiary/aromatic N) is 2. The van der Waals surface area contributed by atoms with E-state index in [9.17, 15) is 14.7 Å². The average Bonchev–Trinajstić information content (AvgIpc) is 2.75. The Morgan fingerprint density at radius 2 is 2.00 bits per heavy atom. The van der Waals surface area contributed by atoms with Crippen molar-refractivity contribution in [3.63, 3.8) is 0 Å². The van der Waals surface area contributed by atoms with Gasteiger partial charge in [-0.15, -0.1) is 0 Å². The second-order valence-corrected chi connectivity index (χ2v) is 5.74. The van der Waals surface area contributed by atoms with Gasteiger partial charge in [0.1, 0.15) is 4.88 Å². The molecule has 1 aromatic heterocycles. The molecular weight excluding hydrogens is 288 g/mol. The van der Waals surface area contributed by atoms with Crippen LogP contribution in [0.1, 0.15) is 20.9 Å². The zero-order chi connectivity index (χ0) is 15.4. The number of carbonyl (C=O) groups is 1. The number of aliphatic hydroxyl groups excluding tert-OH is 1. The number of aliphatic hydroxyl groups is 1. The summed E-state index contributed by atoms with van der Waals surface area (Å²) in [4.78, 5) is 26.1. The second kappa shape index (κ2) is 6.69. The summed E-state index contributed by atoms with van der Waals surface area (Å²) in [5, 5.41) is 9.18. The number of thiazole rings is 1. The number of aromatic nitrogens is 1. The van der Waals surface area contributed by atoms with Crippen molar-refractivity contribution in [1.82, 2.24) is 9.47 Å². The molecule has 112 valence electrons. The van der Waals surface area contributed by atoms with E-state index < -0.39 is 0 Å². The van der Waals surface area contributed by atoms with Gasteiger partial charge in [-0.1, -0.05) is 41.7 Å². The molecule has 21 heavy (non-hydrogen) atoms. The van der Waals surface area contributed by atoms with E-state index >= 15 is 0 Å². The maximum Gasteiger partial charge on any atom is 0.307 e. The fourth-order valence-electron chi connectivity index (χ4n) is 2.04. The molecule has 2 rings (SSSR count). The first-order valence-corrected chi connectivity index (χ1v) is 7.46. The Kier molecular flexibility index (Phi) is 4.93. The zero-order valence-electron chi connectivity index (χ0n) is 12.1. The molecule has 2 aromatic rings. The van der Waals surface area contributed by atoms with E-state index in [-0.39, 0.29) is 23.9 Å². The molecule has 1 N–H and O–H groups in total. The van der Waals surface area contributed by atoms with Crippen molar-refractivity contribution in [1.29, 1.82) is 0 Å². The van der Waals surface area contributed by atoms with E-state index in [2.05, 4.69) is 0 Å². The maximum absolute atomic E-state index is 12.6. The fourth-order valence-corrected chi connectivity index (χ4v) is 2.99. The van der Waals surface area contributed by atoms with Crippen LogP contribution >= 0.6 is 11.3 Å². The fraction of sp³-hybridized carbons (Fsp3) is 0.333. The third kappa shape index (κ3) is 3.40. The molecule has 0 fully saturated rings. The highest BCUT2D eigenvalue weighted by Crippen LogP contribution is 2.15. The Balaban J connectivity index is 2.27. The molecular formula is C15H18N2O3S. The van der Waals surface area contributed by atoms with Crippen LogP contribution in [0.2, 0.25) is 0 Å². The van der Waals surface area contributed by atoms with Crippen molar-refractivity contribution in [3.8, 4) is 0 Å². The van der Waals surface area contributed by atoms with Gasteiger partial charge in [-0.2, -0.15) is 0 Å². The summed E-state index contributed by atoms with van der Waals surface area (Å²) in [6.45, 7) is 2.29. The normalized spacial score (nSPS) is 10.6. The minimum Gasteiger partial charge on any atom is -0.395 e. The van der Waals surface area contributed by atoms with Gasteiger partial charge in [0.25, 0.3) is 5.91 Å². The van der Waals surface area contributed by atoms with Gasteiger partial charge < -0.3 is 14.6 Å². The first-order valence-electron chi connectivity index (χ1n) is 6.65. The predicted octanol–water partition coefficient (Wildman–Crippen LogP) is 1.39. The quantitative estimate of drug-likeness (QED) is 0.908. The summed E-state index contributed by atoms with van der Waals surface area (Å²) in [5.41, 5.74) is 1.64. The van der Waals surface area contributed by atoms with Gasteiger partial charge in [0.15, 0.2) is 0 Å². The van der Waals surface area contributed by atoms with Crippen LogP contribution in [0.25, 0.3) is 0 Å². The lowest BCUT2D eigenvalue weighted by molar-refractivity contribution is 0.0711. The Morgan fingerprint density at radius 3 is 2.52 bits per heavy atom. The molecule has 6 heteroatoms. The summed E-state index contributed by atoms with van der Waals surface area (Å²) >= 11 is 0.948. The summed E-state index contributed by atoms with van der Waals surface area (Å²) in [6.07, 6.45) is 0. The van der Waals surface area contributed by atoms with E-state index in [1.807, 2.05) is 30.3 Å². The molecule has 0 unspecified atom stereocenters. The van der Waals surface area contributed by atoms with Crippen LogP contribution in [0, 0.1) is 6.92 Å². The van der Waals surface area contributed by atoms with E-state index in [4.69, 9.17) is 0 Å². The highest BCUT2D eigenvalue weighted by atomic mass is 32.1. The first-order chi connectivity index (χ1) is 10.0. The lowest BCUT2D eigenvalue weighted by atomic mass is 10.2. The summed E-state index contributed by atoms with van der Waals surface area (Å²) in [5.74, 6) is -0.215. The molecule has 0 aliphatic rings. The van der Waals surface area contributed by atoms with Crippen LogP contribution in [0.5, 0.6) is 0 Å². The van der Waals surface area contributed by atoms with E-state index in [0.717, 1.165) is 16.9 Å². The molecule has 0 bridgehead atoms. The number of hydrogen-bond acceptors (Lipinski definition) is 4. The Hall–Kier alpha value is -1.92. The highest BCUT2D eigenvalue weighted by Gasteiger charge is 2.21. The van der Waals surface area contributed by atoms with Crippen molar-refractivity contribution < 1.29 is 9.90 Å². The van der Waals surface area contributed by atoms with Crippen LogP contribution < -0.4 is 4.87 Å². The van der Waals surface area contributed by atoms with Crippen LogP contribution in [-0.4, -0.2) is 33.6 Å². The molecule has 0 aliphatic carbocycles. The predicted molar refractivity (Wildman–Crippen MR) is 82.6 cm³/mol. The molecule has 0 spiro atoms. The molecule has 0 radical (unpaired) electrons. The van der Waals surface area contributed by atoms with Crippen LogP contribution in [0.3, 0.4) is 0 Å². The molecule has 5 nitrogen and oxygen atoms in total. The summed E-state index contributed by atoms with van der Waals surface area (Å²) < 4.78 is 1.47. The highest BCUT2D eigenvalue weighted by molar-refractivity contribution is 7.11.